The van der Waals surface area contributed by atoms with Crippen LogP contribution in [0.4, 0.5) is 5.69 Å². The molecule has 0 spiro atoms. The summed E-state index contributed by atoms with van der Waals surface area (Å²) in [6, 6.07) is 11.2. The summed E-state index contributed by atoms with van der Waals surface area (Å²) >= 11 is 0. The monoisotopic (exact) mass is 360 g/mol. The summed E-state index contributed by atoms with van der Waals surface area (Å²) in [7, 11) is 2.71. The number of nitro benzene ring substituents is 1. The van der Waals surface area contributed by atoms with Crippen LogP contribution in [0.3, 0.4) is 0 Å². The van der Waals surface area contributed by atoms with Crippen LogP contribution in [0.15, 0.2) is 42.5 Å². The Bertz CT molecular complexity index is 805. The van der Waals surface area contributed by atoms with Gasteiger partial charge in [-0.3, -0.25) is 14.9 Å². The lowest BCUT2D eigenvalue weighted by Gasteiger charge is -2.24. The summed E-state index contributed by atoms with van der Waals surface area (Å²) in [5.41, 5.74) is -1.32. The van der Waals surface area contributed by atoms with Gasteiger partial charge in [-0.25, -0.2) is 0 Å². The van der Waals surface area contributed by atoms with Crippen molar-refractivity contribution in [3.05, 3.63) is 63.7 Å². The zero-order valence-electron chi connectivity index (χ0n) is 14.7. The molecule has 2 aromatic carbocycles. The van der Waals surface area contributed by atoms with Crippen LogP contribution >= 0.6 is 0 Å². The number of aliphatic hydroxyl groups is 1. The second-order valence-electron chi connectivity index (χ2n) is 5.80. The highest BCUT2D eigenvalue weighted by atomic mass is 16.6. The van der Waals surface area contributed by atoms with Crippen LogP contribution in [0.1, 0.15) is 22.8 Å². The average molecular weight is 360 g/mol. The zero-order chi connectivity index (χ0) is 19.3. The number of nitrogens with zero attached hydrogens (tertiary/aromatic N) is 1. The first-order valence-electron chi connectivity index (χ1n) is 7.76. The highest BCUT2D eigenvalue weighted by Gasteiger charge is 2.28. The van der Waals surface area contributed by atoms with Crippen LogP contribution in [-0.2, 0) is 5.60 Å². The SMILES string of the molecule is COc1cc(C(=O)NCC(C)(O)c2ccccc2)c([N+](=O)[O-])cc1OC. The number of nitro groups is 1. The average Bonchev–Trinajstić information content (AvgIpc) is 2.65. The van der Waals surface area contributed by atoms with Crippen LogP contribution in [0, 0.1) is 10.1 Å². The van der Waals surface area contributed by atoms with Gasteiger partial charge < -0.3 is 19.9 Å². The molecule has 2 N–H and O–H groups in total. The molecule has 1 amide bonds. The Hall–Kier alpha value is -3.13. The number of amides is 1. The van der Waals surface area contributed by atoms with Gasteiger partial charge in [-0.05, 0) is 12.5 Å². The van der Waals surface area contributed by atoms with Crippen LogP contribution in [0.5, 0.6) is 11.5 Å². The third-order valence-corrected chi connectivity index (χ3v) is 3.93. The summed E-state index contributed by atoms with van der Waals surface area (Å²) in [4.78, 5) is 23.1. The van der Waals surface area contributed by atoms with E-state index < -0.39 is 22.1 Å². The fraction of sp³-hybridized carbons (Fsp3) is 0.278. The number of ether oxygens (including phenoxy) is 2. The molecule has 26 heavy (non-hydrogen) atoms. The number of carbonyl (C=O) groups excluding carboxylic acids is 1. The summed E-state index contributed by atoms with van der Waals surface area (Å²) in [5, 5.41) is 24.4. The van der Waals surface area contributed by atoms with Crippen molar-refractivity contribution in [1.29, 1.82) is 0 Å². The molecule has 0 radical (unpaired) electrons. The van der Waals surface area contributed by atoms with Crippen LogP contribution in [-0.4, -0.2) is 36.7 Å². The molecule has 8 nitrogen and oxygen atoms in total. The summed E-state index contributed by atoms with van der Waals surface area (Å²) in [6.45, 7) is 1.42. The van der Waals surface area contributed by atoms with Gasteiger partial charge in [0.15, 0.2) is 11.5 Å². The number of nitrogens with one attached hydrogen (secondary N) is 1. The van der Waals surface area contributed by atoms with Gasteiger partial charge in [-0.15, -0.1) is 0 Å². The molecule has 0 bridgehead atoms. The second kappa shape index (κ2) is 7.83. The van der Waals surface area contributed by atoms with E-state index in [9.17, 15) is 20.0 Å². The van der Waals surface area contributed by atoms with Crippen molar-refractivity contribution in [2.24, 2.45) is 0 Å². The van der Waals surface area contributed by atoms with Crippen molar-refractivity contribution >= 4 is 11.6 Å². The lowest BCUT2D eigenvalue weighted by Crippen LogP contribution is -2.38. The first-order valence-corrected chi connectivity index (χ1v) is 7.76. The molecular weight excluding hydrogens is 340 g/mol. The molecule has 0 aromatic heterocycles. The highest BCUT2D eigenvalue weighted by Crippen LogP contribution is 2.34. The number of methoxy groups -OCH3 is 2. The van der Waals surface area contributed by atoms with Gasteiger partial charge in [-0.1, -0.05) is 30.3 Å². The molecule has 0 aliphatic rings. The Morgan fingerprint density at radius 3 is 2.31 bits per heavy atom. The third-order valence-electron chi connectivity index (χ3n) is 3.93. The summed E-state index contributed by atoms with van der Waals surface area (Å²) in [5.74, 6) is -0.362. The van der Waals surface area contributed by atoms with Crippen LogP contribution < -0.4 is 14.8 Å². The van der Waals surface area contributed by atoms with E-state index in [0.717, 1.165) is 6.07 Å². The smallest absolute Gasteiger partial charge is 0.286 e. The van der Waals surface area contributed by atoms with Gasteiger partial charge >= 0.3 is 0 Å². The Kier molecular flexibility index (Phi) is 5.78. The lowest BCUT2D eigenvalue weighted by atomic mass is 9.96. The molecule has 0 aliphatic heterocycles. The van der Waals surface area contributed by atoms with Crippen molar-refractivity contribution in [2.75, 3.05) is 20.8 Å². The second-order valence-corrected chi connectivity index (χ2v) is 5.80. The normalized spacial score (nSPS) is 12.8. The van der Waals surface area contributed by atoms with E-state index in [1.54, 1.807) is 31.2 Å². The fourth-order valence-electron chi connectivity index (χ4n) is 2.45. The minimum Gasteiger partial charge on any atom is -0.493 e. The van der Waals surface area contributed by atoms with Crippen molar-refractivity contribution in [1.82, 2.24) is 5.32 Å². The molecular formula is C18H20N2O6. The Labute approximate surface area is 150 Å². The first-order chi connectivity index (χ1) is 12.3. The Morgan fingerprint density at radius 2 is 1.77 bits per heavy atom. The summed E-state index contributed by atoms with van der Waals surface area (Å²) in [6.07, 6.45) is 0. The number of rotatable bonds is 7. The predicted octanol–water partition coefficient (Wildman–Crippen LogP) is 2.25. The van der Waals surface area contributed by atoms with E-state index in [4.69, 9.17) is 9.47 Å². The molecule has 0 fully saturated rings. The van der Waals surface area contributed by atoms with E-state index in [1.165, 1.54) is 20.3 Å². The minimum absolute atomic E-state index is 0.124. The van der Waals surface area contributed by atoms with E-state index >= 15 is 0 Å². The molecule has 2 rings (SSSR count). The third kappa shape index (κ3) is 4.09. The van der Waals surface area contributed by atoms with Crippen LogP contribution in [0.25, 0.3) is 0 Å². The maximum atomic E-state index is 12.5. The lowest BCUT2D eigenvalue weighted by molar-refractivity contribution is -0.385. The topological polar surface area (TPSA) is 111 Å². The number of benzene rings is 2. The van der Waals surface area contributed by atoms with Gasteiger partial charge in [0, 0.05) is 6.07 Å². The zero-order valence-corrected chi connectivity index (χ0v) is 14.7. The highest BCUT2D eigenvalue weighted by molar-refractivity contribution is 5.99. The maximum absolute atomic E-state index is 12.5. The van der Waals surface area contributed by atoms with Crippen molar-refractivity contribution in [3.8, 4) is 11.5 Å². The molecule has 1 atom stereocenters. The van der Waals surface area contributed by atoms with E-state index in [1.807, 2.05) is 6.07 Å². The van der Waals surface area contributed by atoms with E-state index in [0.29, 0.717) is 5.56 Å². The standard InChI is InChI=1S/C18H20N2O6/c1-18(22,12-7-5-4-6-8-12)11-19-17(21)13-9-15(25-2)16(26-3)10-14(13)20(23)24/h4-10,22H,11H2,1-3H3,(H,19,21). The minimum atomic E-state index is -1.33. The van der Waals surface area contributed by atoms with Crippen molar-refractivity contribution < 1.29 is 24.3 Å². The van der Waals surface area contributed by atoms with Gasteiger partial charge in [0.25, 0.3) is 11.6 Å². The van der Waals surface area contributed by atoms with Gasteiger partial charge in [0.1, 0.15) is 11.2 Å². The van der Waals surface area contributed by atoms with Crippen molar-refractivity contribution in [2.45, 2.75) is 12.5 Å². The van der Waals surface area contributed by atoms with Gasteiger partial charge in [0.05, 0.1) is 31.8 Å². The molecule has 138 valence electrons. The Balaban J connectivity index is 2.27. The largest absolute Gasteiger partial charge is 0.493 e. The molecule has 8 heteroatoms. The molecule has 0 heterocycles. The maximum Gasteiger partial charge on any atom is 0.286 e. The molecule has 1 unspecified atom stereocenters. The molecule has 0 saturated heterocycles. The first kappa shape index (κ1) is 19.2. The number of carbonyl (C=O) groups is 1. The van der Waals surface area contributed by atoms with Crippen molar-refractivity contribution in [3.63, 3.8) is 0 Å². The Morgan fingerprint density at radius 1 is 1.19 bits per heavy atom. The number of hydrogen-bond donors (Lipinski definition) is 2. The quantitative estimate of drug-likeness (QED) is 0.579. The number of hydrogen-bond acceptors (Lipinski definition) is 6. The molecule has 0 aliphatic carbocycles. The van der Waals surface area contributed by atoms with Crippen LogP contribution in [0.2, 0.25) is 0 Å². The molecule has 2 aromatic rings. The van der Waals surface area contributed by atoms with Gasteiger partial charge in [-0.2, -0.15) is 0 Å². The van der Waals surface area contributed by atoms with E-state index in [2.05, 4.69) is 5.32 Å². The van der Waals surface area contributed by atoms with Gasteiger partial charge in [0.2, 0.25) is 0 Å². The predicted molar refractivity (Wildman–Crippen MR) is 94.5 cm³/mol. The molecule has 0 saturated carbocycles. The fourth-order valence-corrected chi connectivity index (χ4v) is 2.45. The summed E-state index contributed by atoms with van der Waals surface area (Å²) < 4.78 is 10.1. The van der Waals surface area contributed by atoms with E-state index in [-0.39, 0.29) is 23.6 Å².